The molecule has 6 heteroatoms. The summed E-state index contributed by atoms with van der Waals surface area (Å²) in [5.74, 6) is 0.260. The van der Waals surface area contributed by atoms with Gasteiger partial charge in [0.2, 0.25) is 0 Å². The molecule has 0 aliphatic heterocycles. The van der Waals surface area contributed by atoms with Crippen molar-refractivity contribution in [2.24, 2.45) is 0 Å². The van der Waals surface area contributed by atoms with E-state index in [9.17, 15) is 10.1 Å². The Hall–Kier alpha value is -1.80. The van der Waals surface area contributed by atoms with Gasteiger partial charge in [-0.25, -0.2) is 0 Å². The van der Waals surface area contributed by atoms with E-state index in [-0.39, 0.29) is 16.5 Å². The van der Waals surface area contributed by atoms with Crippen molar-refractivity contribution in [1.29, 1.82) is 5.26 Å². The van der Waals surface area contributed by atoms with Gasteiger partial charge in [-0.3, -0.25) is 10.1 Å². The molecule has 0 aliphatic carbocycles. The molecule has 15 heavy (non-hydrogen) atoms. The molecule has 0 saturated carbocycles. The number of nitriles is 1. The van der Waals surface area contributed by atoms with Gasteiger partial charge in [0.1, 0.15) is 11.8 Å². The summed E-state index contributed by atoms with van der Waals surface area (Å²) in [5, 5.41) is 19.0. The minimum absolute atomic E-state index is 0.114. The average molecular weight is 227 g/mol. The van der Waals surface area contributed by atoms with E-state index < -0.39 is 11.0 Å². The van der Waals surface area contributed by atoms with E-state index in [0.717, 1.165) is 0 Å². The summed E-state index contributed by atoms with van der Waals surface area (Å²) in [4.78, 5) is 9.84. The molecule has 1 aromatic rings. The molecule has 0 bridgehead atoms. The fourth-order valence-electron chi connectivity index (χ4n) is 0.916. The number of non-ortho nitro benzene ring substituents is 1. The molecule has 1 atom stereocenters. The Kier molecular flexibility index (Phi) is 3.47. The summed E-state index contributed by atoms with van der Waals surface area (Å²) in [6, 6.07) is 5.68. The van der Waals surface area contributed by atoms with E-state index in [0.29, 0.717) is 0 Å². The third kappa shape index (κ3) is 2.82. The summed E-state index contributed by atoms with van der Waals surface area (Å²) >= 11 is 5.74. The van der Waals surface area contributed by atoms with Crippen LogP contribution in [0.3, 0.4) is 0 Å². The first-order valence-corrected chi connectivity index (χ1v) is 4.42. The smallest absolute Gasteiger partial charge is 0.271 e. The van der Waals surface area contributed by atoms with Crippen LogP contribution in [-0.2, 0) is 0 Å². The monoisotopic (exact) mass is 226 g/mol. The van der Waals surface area contributed by atoms with Crippen LogP contribution < -0.4 is 4.74 Å². The zero-order valence-corrected chi connectivity index (χ0v) is 8.56. The van der Waals surface area contributed by atoms with Gasteiger partial charge in [0.05, 0.1) is 9.95 Å². The summed E-state index contributed by atoms with van der Waals surface area (Å²) in [5.41, 5.74) is -0.114. The highest BCUT2D eigenvalue weighted by Crippen LogP contribution is 2.29. The van der Waals surface area contributed by atoms with E-state index in [2.05, 4.69) is 0 Å². The van der Waals surface area contributed by atoms with Gasteiger partial charge in [0.25, 0.3) is 5.69 Å². The zero-order chi connectivity index (χ0) is 11.4. The standard InChI is InChI=1S/C9H7ClN2O3/c1-6(5-11)15-9-3-2-7(12(13)14)4-8(9)10/h2-4,6H,1H3/t6-/m1/s1. The summed E-state index contributed by atoms with van der Waals surface area (Å²) in [6.45, 7) is 1.55. The lowest BCUT2D eigenvalue weighted by Crippen LogP contribution is -2.08. The molecule has 1 aromatic carbocycles. The highest BCUT2D eigenvalue weighted by atomic mass is 35.5. The van der Waals surface area contributed by atoms with E-state index in [1.165, 1.54) is 18.2 Å². The minimum atomic E-state index is -0.649. The molecule has 0 heterocycles. The summed E-state index contributed by atoms with van der Waals surface area (Å²) < 4.78 is 5.11. The number of nitro groups is 1. The molecule has 0 aliphatic rings. The minimum Gasteiger partial charge on any atom is -0.474 e. The normalized spacial score (nSPS) is 11.5. The number of hydrogen-bond acceptors (Lipinski definition) is 4. The van der Waals surface area contributed by atoms with Crippen LogP contribution in [-0.4, -0.2) is 11.0 Å². The third-order valence-electron chi connectivity index (χ3n) is 1.61. The highest BCUT2D eigenvalue weighted by molar-refractivity contribution is 6.32. The number of ether oxygens (including phenoxy) is 1. The van der Waals surface area contributed by atoms with Crippen molar-refractivity contribution < 1.29 is 9.66 Å². The van der Waals surface area contributed by atoms with E-state index in [4.69, 9.17) is 21.6 Å². The first-order chi connectivity index (χ1) is 7.04. The first-order valence-electron chi connectivity index (χ1n) is 4.05. The van der Waals surface area contributed by atoms with Crippen molar-refractivity contribution >= 4 is 17.3 Å². The van der Waals surface area contributed by atoms with E-state index in [1.54, 1.807) is 6.92 Å². The summed E-state index contributed by atoms with van der Waals surface area (Å²) in [7, 11) is 0. The van der Waals surface area contributed by atoms with Crippen LogP contribution in [0.1, 0.15) is 6.92 Å². The molecule has 0 aromatic heterocycles. The van der Waals surface area contributed by atoms with Gasteiger partial charge in [-0.1, -0.05) is 11.6 Å². The number of halogens is 1. The van der Waals surface area contributed by atoms with Crippen LogP contribution in [0.15, 0.2) is 18.2 Å². The first kappa shape index (κ1) is 11.3. The second-order valence-electron chi connectivity index (χ2n) is 2.76. The van der Waals surface area contributed by atoms with E-state index in [1.807, 2.05) is 6.07 Å². The number of nitro benzene ring substituents is 1. The molecular formula is C9H7ClN2O3. The van der Waals surface area contributed by atoms with Crippen molar-refractivity contribution in [2.75, 3.05) is 0 Å². The van der Waals surface area contributed by atoms with Crippen LogP contribution in [0, 0.1) is 21.4 Å². The Morgan fingerprint density at radius 2 is 2.33 bits per heavy atom. The van der Waals surface area contributed by atoms with E-state index >= 15 is 0 Å². The van der Waals surface area contributed by atoms with Crippen LogP contribution >= 0.6 is 11.6 Å². The number of rotatable bonds is 3. The average Bonchev–Trinajstić information content (AvgIpc) is 2.20. The second-order valence-corrected chi connectivity index (χ2v) is 3.17. The lowest BCUT2D eigenvalue weighted by molar-refractivity contribution is -0.384. The quantitative estimate of drug-likeness (QED) is 0.586. The van der Waals surface area contributed by atoms with Crippen molar-refractivity contribution in [3.8, 4) is 11.8 Å². The molecule has 0 unspecified atom stereocenters. The molecule has 1 rings (SSSR count). The lowest BCUT2D eigenvalue weighted by atomic mass is 10.3. The lowest BCUT2D eigenvalue weighted by Gasteiger charge is -2.08. The van der Waals surface area contributed by atoms with Crippen LogP contribution in [0.25, 0.3) is 0 Å². The van der Waals surface area contributed by atoms with Crippen LogP contribution in [0.4, 0.5) is 5.69 Å². The van der Waals surface area contributed by atoms with Gasteiger partial charge in [0, 0.05) is 12.1 Å². The Morgan fingerprint density at radius 1 is 1.67 bits per heavy atom. The Morgan fingerprint density at radius 3 is 2.80 bits per heavy atom. The molecule has 0 saturated heterocycles. The number of hydrogen-bond donors (Lipinski definition) is 0. The van der Waals surface area contributed by atoms with Gasteiger partial charge < -0.3 is 4.74 Å². The van der Waals surface area contributed by atoms with Crippen molar-refractivity contribution in [2.45, 2.75) is 13.0 Å². The third-order valence-corrected chi connectivity index (χ3v) is 1.91. The predicted octanol–water partition coefficient (Wildman–Crippen LogP) is 2.54. The van der Waals surface area contributed by atoms with Gasteiger partial charge in [-0.15, -0.1) is 0 Å². The Labute approximate surface area is 91.0 Å². The molecule has 0 amide bonds. The SMILES string of the molecule is C[C@H](C#N)Oc1ccc([N+](=O)[O-])cc1Cl. The zero-order valence-electron chi connectivity index (χ0n) is 7.81. The predicted molar refractivity (Wildman–Crippen MR) is 53.8 cm³/mol. The molecule has 0 spiro atoms. The van der Waals surface area contributed by atoms with Gasteiger partial charge in [-0.2, -0.15) is 5.26 Å². The van der Waals surface area contributed by atoms with Gasteiger partial charge in [-0.05, 0) is 13.0 Å². The second kappa shape index (κ2) is 4.62. The molecule has 0 fully saturated rings. The largest absolute Gasteiger partial charge is 0.474 e. The number of benzene rings is 1. The maximum Gasteiger partial charge on any atom is 0.271 e. The van der Waals surface area contributed by atoms with Gasteiger partial charge >= 0.3 is 0 Å². The van der Waals surface area contributed by atoms with Crippen LogP contribution in [0.2, 0.25) is 5.02 Å². The van der Waals surface area contributed by atoms with Crippen LogP contribution in [0.5, 0.6) is 5.75 Å². The molecule has 0 N–H and O–H groups in total. The molecule has 78 valence electrons. The molecular weight excluding hydrogens is 220 g/mol. The number of nitrogens with zero attached hydrogens (tertiary/aromatic N) is 2. The van der Waals surface area contributed by atoms with Crippen molar-refractivity contribution in [3.63, 3.8) is 0 Å². The summed E-state index contributed by atoms with van der Waals surface area (Å²) in [6.07, 6.45) is -0.649. The van der Waals surface area contributed by atoms with Crippen molar-refractivity contribution in [1.82, 2.24) is 0 Å². The maximum absolute atomic E-state index is 10.4. The topological polar surface area (TPSA) is 76.2 Å². The maximum atomic E-state index is 10.4. The Balaban J connectivity index is 2.94. The van der Waals surface area contributed by atoms with Crippen molar-refractivity contribution in [3.05, 3.63) is 33.3 Å². The fraction of sp³-hybridized carbons (Fsp3) is 0.222. The fourth-order valence-corrected chi connectivity index (χ4v) is 1.14. The Bertz CT molecular complexity index is 428. The highest BCUT2D eigenvalue weighted by Gasteiger charge is 2.11. The molecule has 5 nitrogen and oxygen atoms in total. The molecule has 0 radical (unpaired) electrons. The van der Waals surface area contributed by atoms with Gasteiger partial charge in [0.15, 0.2) is 6.10 Å².